The molecule has 3 N–H and O–H groups in total. The van der Waals surface area contributed by atoms with Gasteiger partial charge in [0.05, 0.1) is 5.69 Å². The lowest BCUT2D eigenvalue weighted by molar-refractivity contribution is 0.494. The van der Waals surface area contributed by atoms with Gasteiger partial charge >= 0.3 is 0 Å². The van der Waals surface area contributed by atoms with Gasteiger partial charge in [0.1, 0.15) is 0 Å². The van der Waals surface area contributed by atoms with Crippen molar-refractivity contribution < 1.29 is 8.42 Å². The van der Waals surface area contributed by atoms with Crippen molar-refractivity contribution in [2.24, 2.45) is 0 Å². The molecule has 1 aromatic rings. The number of para-hydroxylation sites is 1. The molecule has 1 rings (SSSR count). The molecule has 0 spiro atoms. The number of hydrogen-bond donors (Lipinski definition) is 3. The summed E-state index contributed by atoms with van der Waals surface area (Å²) in [7, 11) is -1.74. The van der Waals surface area contributed by atoms with E-state index in [0.29, 0.717) is 12.2 Å². The molecule has 0 aromatic heterocycles. The van der Waals surface area contributed by atoms with Gasteiger partial charge in [-0.3, -0.25) is 4.72 Å². The highest BCUT2D eigenvalue weighted by atomic mass is 32.2. The van der Waals surface area contributed by atoms with E-state index in [0.717, 1.165) is 5.56 Å². The molecule has 0 aliphatic carbocycles. The lowest BCUT2D eigenvalue weighted by Crippen LogP contribution is -2.43. The zero-order valence-corrected chi connectivity index (χ0v) is 12.1. The molecule has 0 unspecified atom stereocenters. The first-order valence-corrected chi connectivity index (χ1v) is 7.26. The number of anilines is 1. The summed E-state index contributed by atoms with van der Waals surface area (Å²) in [6.45, 7) is 6.00. The predicted octanol–water partition coefficient (Wildman–Crippen LogP) is 1.45. The first-order valence-electron chi connectivity index (χ1n) is 5.78. The van der Waals surface area contributed by atoms with Crippen LogP contribution in [-0.2, 0) is 16.8 Å². The highest BCUT2D eigenvalue weighted by Crippen LogP contribution is 2.16. The second-order valence-electron chi connectivity index (χ2n) is 5.15. The summed E-state index contributed by atoms with van der Waals surface area (Å²) in [6, 6.07) is 7.30. The number of rotatable bonds is 5. The van der Waals surface area contributed by atoms with Crippen molar-refractivity contribution in [2.45, 2.75) is 32.9 Å². The lowest BCUT2D eigenvalue weighted by Gasteiger charge is -2.21. The molecule has 0 amide bonds. The average molecular weight is 271 g/mol. The van der Waals surface area contributed by atoms with Crippen LogP contribution in [0.1, 0.15) is 26.3 Å². The number of benzene rings is 1. The molecule has 18 heavy (non-hydrogen) atoms. The van der Waals surface area contributed by atoms with E-state index >= 15 is 0 Å². The van der Waals surface area contributed by atoms with Crippen molar-refractivity contribution in [3.8, 4) is 0 Å². The van der Waals surface area contributed by atoms with Gasteiger partial charge in [-0.15, -0.1) is 0 Å². The van der Waals surface area contributed by atoms with Crippen LogP contribution in [0.4, 0.5) is 5.69 Å². The second kappa shape index (κ2) is 5.69. The van der Waals surface area contributed by atoms with Gasteiger partial charge in [-0.2, -0.15) is 13.1 Å². The molecule has 0 saturated carbocycles. The van der Waals surface area contributed by atoms with Gasteiger partial charge in [0.2, 0.25) is 0 Å². The van der Waals surface area contributed by atoms with E-state index in [2.05, 4.69) is 14.8 Å². The Labute approximate surface area is 109 Å². The summed E-state index contributed by atoms with van der Waals surface area (Å²) >= 11 is 0. The van der Waals surface area contributed by atoms with Gasteiger partial charge < -0.3 is 5.32 Å². The van der Waals surface area contributed by atoms with Crippen molar-refractivity contribution in [3.63, 3.8) is 0 Å². The summed E-state index contributed by atoms with van der Waals surface area (Å²) in [5.74, 6) is 0. The predicted molar refractivity (Wildman–Crippen MR) is 74.6 cm³/mol. The first-order chi connectivity index (χ1) is 8.23. The topological polar surface area (TPSA) is 70.2 Å². The molecule has 0 fully saturated rings. The van der Waals surface area contributed by atoms with Crippen LogP contribution in [0, 0.1) is 0 Å². The third kappa shape index (κ3) is 5.03. The SMILES string of the molecule is CNCc1ccccc1NS(=O)(=O)NC(C)(C)C. The Bertz CT molecular complexity index is 492. The molecule has 0 atom stereocenters. The standard InChI is InChI=1S/C12H21N3O2S/c1-12(2,3)15-18(16,17)14-11-8-6-5-7-10(11)9-13-4/h5-8,13-15H,9H2,1-4H3. The van der Waals surface area contributed by atoms with E-state index in [9.17, 15) is 8.42 Å². The van der Waals surface area contributed by atoms with Crippen molar-refractivity contribution in [1.82, 2.24) is 10.0 Å². The summed E-state index contributed by atoms with van der Waals surface area (Å²) in [5, 5.41) is 3.00. The average Bonchev–Trinajstić information content (AvgIpc) is 2.17. The number of nitrogens with one attached hydrogen (secondary N) is 3. The summed E-state index contributed by atoms with van der Waals surface area (Å²) < 4.78 is 29.0. The Balaban J connectivity index is 2.90. The van der Waals surface area contributed by atoms with E-state index < -0.39 is 15.7 Å². The third-order valence-corrected chi connectivity index (χ3v) is 3.44. The van der Waals surface area contributed by atoms with Crippen LogP contribution in [0.5, 0.6) is 0 Å². The highest BCUT2D eigenvalue weighted by molar-refractivity contribution is 7.90. The molecule has 0 aliphatic rings. The minimum absolute atomic E-state index is 0.510. The molecule has 0 aliphatic heterocycles. The normalized spacial score (nSPS) is 12.4. The van der Waals surface area contributed by atoms with Crippen LogP contribution in [-0.4, -0.2) is 21.0 Å². The minimum Gasteiger partial charge on any atom is -0.316 e. The third-order valence-electron chi connectivity index (χ3n) is 2.07. The van der Waals surface area contributed by atoms with Crippen LogP contribution in [0.2, 0.25) is 0 Å². The summed E-state index contributed by atoms with van der Waals surface area (Å²) in [5.41, 5.74) is 0.979. The molecule has 0 heterocycles. The maximum atomic E-state index is 11.9. The Morgan fingerprint density at radius 2 is 1.78 bits per heavy atom. The van der Waals surface area contributed by atoms with Gasteiger partial charge in [0, 0.05) is 12.1 Å². The molecule has 0 radical (unpaired) electrons. The van der Waals surface area contributed by atoms with Crippen molar-refractivity contribution >= 4 is 15.9 Å². The Kier molecular flexibility index (Phi) is 4.72. The van der Waals surface area contributed by atoms with Crippen LogP contribution in [0.15, 0.2) is 24.3 Å². The van der Waals surface area contributed by atoms with Crippen LogP contribution >= 0.6 is 0 Å². The Hall–Kier alpha value is -1.11. The molecule has 0 bridgehead atoms. The van der Waals surface area contributed by atoms with Gasteiger partial charge in [0.15, 0.2) is 0 Å². The van der Waals surface area contributed by atoms with Gasteiger partial charge in [-0.25, -0.2) is 0 Å². The molecule has 0 saturated heterocycles. The van der Waals surface area contributed by atoms with Gasteiger partial charge in [0.25, 0.3) is 10.2 Å². The summed E-state index contributed by atoms with van der Waals surface area (Å²) in [6.07, 6.45) is 0. The largest absolute Gasteiger partial charge is 0.316 e. The first kappa shape index (κ1) is 14.9. The van der Waals surface area contributed by atoms with Crippen LogP contribution in [0.25, 0.3) is 0 Å². The zero-order valence-electron chi connectivity index (χ0n) is 11.2. The van der Waals surface area contributed by atoms with Crippen LogP contribution < -0.4 is 14.8 Å². The van der Waals surface area contributed by atoms with E-state index in [1.165, 1.54) is 0 Å². The lowest BCUT2D eigenvalue weighted by atomic mass is 10.1. The maximum Gasteiger partial charge on any atom is 0.299 e. The Morgan fingerprint density at radius 3 is 2.33 bits per heavy atom. The van der Waals surface area contributed by atoms with E-state index in [4.69, 9.17) is 0 Å². The van der Waals surface area contributed by atoms with Crippen molar-refractivity contribution in [1.29, 1.82) is 0 Å². The van der Waals surface area contributed by atoms with Crippen LogP contribution in [0.3, 0.4) is 0 Å². The summed E-state index contributed by atoms with van der Waals surface area (Å²) in [4.78, 5) is 0. The molecule has 6 heteroatoms. The number of hydrogen-bond acceptors (Lipinski definition) is 3. The Morgan fingerprint density at radius 1 is 1.17 bits per heavy atom. The van der Waals surface area contributed by atoms with E-state index in [1.54, 1.807) is 32.9 Å². The quantitative estimate of drug-likeness (QED) is 0.759. The second-order valence-corrected chi connectivity index (χ2v) is 6.56. The fourth-order valence-electron chi connectivity index (χ4n) is 1.54. The monoisotopic (exact) mass is 271 g/mol. The van der Waals surface area contributed by atoms with E-state index in [1.807, 2.05) is 19.2 Å². The highest BCUT2D eigenvalue weighted by Gasteiger charge is 2.20. The molecule has 102 valence electrons. The molecule has 1 aromatic carbocycles. The van der Waals surface area contributed by atoms with E-state index in [-0.39, 0.29) is 0 Å². The molecular weight excluding hydrogens is 250 g/mol. The fourth-order valence-corrected chi connectivity index (χ4v) is 2.88. The van der Waals surface area contributed by atoms with Gasteiger partial charge in [-0.05, 0) is 39.4 Å². The van der Waals surface area contributed by atoms with Crippen molar-refractivity contribution in [3.05, 3.63) is 29.8 Å². The molecular formula is C12H21N3O2S. The molecule has 5 nitrogen and oxygen atoms in total. The smallest absolute Gasteiger partial charge is 0.299 e. The maximum absolute atomic E-state index is 11.9. The zero-order chi connectivity index (χ0) is 13.8. The fraction of sp³-hybridized carbons (Fsp3) is 0.500. The minimum atomic E-state index is -3.56. The van der Waals surface area contributed by atoms with Gasteiger partial charge in [-0.1, -0.05) is 18.2 Å². The van der Waals surface area contributed by atoms with Crippen molar-refractivity contribution in [2.75, 3.05) is 11.8 Å².